The number of aromatic nitrogens is 1. The normalized spacial score (nSPS) is 12.5. The number of rotatable bonds is 3. The summed E-state index contributed by atoms with van der Waals surface area (Å²) in [5.74, 6) is 0.727. The molecule has 2 aromatic heterocycles. The van der Waals surface area contributed by atoms with Crippen LogP contribution in [0.1, 0.15) is 17.3 Å². The van der Waals surface area contributed by atoms with Crippen molar-refractivity contribution in [2.45, 2.75) is 6.04 Å². The number of thiophene rings is 1. The van der Waals surface area contributed by atoms with Crippen LogP contribution in [0.5, 0.6) is 5.75 Å². The van der Waals surface area contributed by atoms with Crippen molar-refractivity contribution in [1.29, 1.82) is 0 Å². The molecule has 0 aliphatic carbocycles. The maximum Gasteiger partial charge on any atom is 0.142 e. The minimum absolute atomic E-state index is 0.271. The van der Waals surface area contributed by atoms with Crippen molar-refractivity contribution < 1.29 is 4.74 Å². The third kappa shape index (κ3) is 2.09. The number of hydrogen-bond acceptors (Lipinski definition) is 4. The fourth-order valence-corrected chi connectivity index (χ4v) is 3.19. The van der Waals surface area contributed by atoms with Crippen LogP contribution >= 0.6 is 11.3 Å². The molecule has 0 saturated carbocycles. The Labute approximate surface area is 115 Å². The Kier molecular flexibility index (Phi) is 3.19. The maximum absolute atomic E-state index is 6.37. The molecule has 0 saturated heterocycles. The number of nitrogens with zero attached hydrogens (tertiary/aromatic N) is 1. The molecule has 1 unspecified atom stereocenters. The number of pyridine rings is 1. The van der Waals surface area contributed by atoms with E-state index in [1.807, 2.05) is 24.3 Å². The average Bonchev–Trinajstić information content (AvgIpc) is 2.90. The summed E-state index contributed by atoms with van der Waals surface area (Å²) >= 11 is 1.70. The highest BCUT2D eigenvalue weighted by molar-refractivity contribution is 7.17. The van der Waals surface area contributed by atoms with Gasteiger partial charge < -0.3 is 10.5 Å². The van der Waals surface area contributed by atoms with E-state index in [0.717, 1.165) is 17.0 Å². The molecule has 4 heteroatoms. The summed E-state index contributed by atoms with van der Waals surface area (Å²) in [5.41, 5.74) is 8.23. The van der Waals surface area contributed by atoms with Crippen LogP contribution < -0.4 is 10.5 Å². The number of hydrogen-bond donors (Lipinski definition) is 1. The molecule has 3 nitrogen and oxygen atoms in total. The number of fused-ring (bicyclic) bond motifs is 1. The van der Waals surface area contributed by atoms with Crippen molar-refractivity contribution in [3.8, 4) is 5.75 Å². The lowest BCUT2D eigenvalue weighted by atomic mass is 10.0. The highest BCUT2D eigenvalue weighted by Crippen LogP contribution is 2.34. The summed E-state index contributed by atoms with van der Waals surface area (Å²) in [6.07, 6.45) is 1.74. The van der Waals surface area contributed by atoms with Crippen LogP contribution in [-0.2, 0) is 0 Å². The highest BCUT2D eigenvalue weighted by Gasteiger charge is 2.18. The van der Waals surface area contributed by atoms with E-state index in [0.29, 0.717) is 0 Å². The topological polar surface area (TPSA) is 48.1 Å². The first-order chi connectivity index (χ1) is 9.31. The first-order valence-corrected chi connectivity index (χ1v) is 6.90. The highest BCUT2D eigenvalue weighted by atomic mass is 32.1. The number of ether oxygens (including phenoxy) is 1. The summed E-state index contributed by atoms with van der Waals surface area (Å²) in [6, 6.07) is 11.7. The van der Waals surface area contributed by atoms with Crippen molar-refractivity contribution in [2.24, 2.45) is 5.73 Å². The molecule has 3 aromatic rings. The van der Waals surface area contributed by atoms with Crippen LogP contribution in [0.3, 0.4) is 0 Å². The lowest BCUT2D eigenvalue weighted by molar-refractivity contribution is 0.404. The standard InChI is InChI=1S/C15H14N2OS/c1-18-12-6-4-8-17-15(12)14(16)11-9-19-13-7-3-2-5-10(11)13/h2-9,14H,16H2,1H3. The molecular formula is C15H14N2OS. The third-order valence-electron chi connectivity index (χ3n) is 3.16. The lowest BCUT2D eigenvalue weighted by Gasteiger charge is -2.14. The van der Waals surface area contributed by atoms with Gasteiger partial charge in [-0.3, -0.25) is 4.98 Å². The fourth-order valence-electron chi connectivity index (χ4n) is 2.20. The van der Waals surface area contributed by atoms with Crippen LogP contribution in [0.2, 0.25) is 0 Å². The summed E-state index contributed by atoms with van der Waals surface area (Å²) in [4.78, 5) is 4.37. The molecule has 1 atom stereocenters. The van der Waals surface area contributed by atoms with E-state index in [1.165, 1.54) is 10.1 Å². The zero-order chi connectivity index (χ0) is 13.2. The Morgan fingerprint density at radius 3 is 2.89 bits per heavy atom. The summed E-state index contributed by atoms with van der Waals surface area (Å²) in [6.45, 7) is 0. The SMILES string of the molecule is COc1cccnc1C(N)c1csc2ccccc12. The molecule has 2 N–H and O–H groups in total. The molecule has 0 aliphatic heterocycles. The van der Waals surface area contributed by atoms with E-state index in [4.69, 9.17) is 10.5 Å². The summed E-state index contributed by atoms with van der Waals surface area (Å²) in [5, 5.41) is 3.29. The van der Waals surface area contributed by atoms with Gasteiger partial charge in [-0.15, -0.1) is 11.3 Å². The van der Waals surface area contributed by atoms with E-state index in [9.17, 15) is 0 Å². The third-order valence-corrected chi connectivity index (χ3v) is 4.14. The van der Waals surface area contributed by atoms with E-state index < -0.39 is 0 Å². The number of benzene rings is 1. The molecule has 0 amide bonds. The summed E-state index contributed by atoms with van der Waals surface area (Å²) < 4.78 is 6.58. The molecule has 0 radical (unpaired) electrons. The van der Waals surface area contributed by atoms with E-state index in [-0.39, 0.29) is 6.04 Å². The fraction of sp³-hybridized carbons (Fsp3) is 0.133. The lowest BCUT2D eigenvalue weighted by Crippen LogP contribution is -2.14. The van der Waals surface area contributed by atoms with Crippen molar-refractivity contribution in [2.75, 3.05) is 7.11 Å². The molecule has 1 aromatic carbocycles. The molecule has 0 aliphatic rings. The number of methoxy groups -OCH3 is 1. The van der Waals surface area contributed by atoms with Gasteiger partial charge in [-0.2, -0.15) is 0 Å². The maximum atomic E-state index is 6.37. The smallest absolute Gasteiger partial charge is 0.142 e. The molecule has 3 rings (SSSR count). The predicted molar refractivity (Wildman–Crippen MR) is 78.6 cm³/mol. The van der Waals surface area contributed by atoms with Gasteiger partial charge in [-0.25, -0.2) is 0 Å². The first-order valence-electron chi connectivity index (χ1n) is 6.02. The van der Waals surface area contributed by atoms with Gasteiger partial charge in [0.1, 0.15) is 11.4 Å². The molecule has 19 heavy (non-hydrogen) atoms. The van der Waals surface area contributed by atoms with Crippen molar-refractivity contribution in [3.05, 3.63) is 59.2 Å². The van der Waals surface area contributed by atoms with Crippen LogP contribution in [0.25, 0.3) is 10.1 Å². The van der Waals surface area contributed by atoms with Gasteiger partial charge >= 0.3 is 0 Å². The van der Waals surface area contributed by atoms with Gasteiger partial charge in [0.2, 0.25) is 0 Å². The second kappa shape index (κ2) is 4.99. The van der Waals surface area contributed by atoms with Crippen molar-refractivity contribution in [1.82, 2.24) is 4.98 Å². The Hall–Kier alpha value is -1.91. The Morgan fingerprint density at radius 1 is 1.21 bits per heavy atom. The van der Waals surface area contributed by atoms with Crippen molar-refractivity contribution >= 4 is 21.4 Å². The molecule has 0 fully saturated rings. The van der Waals surface area contributed by atoms with Crippen LogP contribution in [0.4, 0.5) is 0 Å². The Bertz CT molecular complexity index is 708. The average molecular weight is 270 g/mol. The Balaban J connectivity index is 2.11. The zero-order valence-electron chi connectivity index (χ0n) is 10.5. The van der Waals surface area contributed by atoms with Crippen LogP contribution in [0.15, 0.2) is 48.0 Å². The van der Waals surface area contributed by atoms with Gasteiger partial charge in [0.05, 0.1) is 13.2 Å². The van der Waals surface area contributed by atoms with Gasteiger partial charge in [0.15, 0.2) is 0 Å². The van der Waals surface area contributed by atoms with E-state index >= 15 is 0 Å². The van der Waals surface area contributed by atoms with Gasteiger partial charge in [0, 0.05) is 10.9 Å². The summed E-state index contributed by atoms with van der Waals surface area (Å²) in [7, 11) is 1.64. The Morgan fingerprint density at radius 2 is 2.05 bits per heavy atom. The van der Waals surface area contributed by atoms with Gasteiger partial charge in [-0.1, -0.05) is 18.2 Å². The van der Waals surface area contributed by atoms with E-state index in [1.54, 1.807) is 24.6 Å². The minimum atomic E-state index is -0.271. The quantitative estimate of drug-likeness (QED) is 0.794. The van der Waals surface area contributed by atoms with Gasteiger partial charge in [-0.05, 0) is 34.5 Å². The largest absolute Gasteiger partial charge is 0.495 e. The second-order valence-corrected chi connectivity index (χ2v) is 5.17. The first kappa shape index (κ1) is 12.1. The van der Waals surface area contributed by atoms with Crippen LogP contribution in [-0.4, -0.2) is 12.1 Å². The van der Waals surface area contributed by atoms with Crippen LogP contribution in [0, 0.1) is 0 Å². The van der Waals surface area contributed by atoms with E-state index in [2.05, 4.69) is 22.5 Å². The minimum Gasteiger partial charge on any atom is -0.495 e. The number of nitrogens with two attached hydrogens (primary N) is 1. The molecule has 96 valence electrons. The predicted octanol–water partition coefficient (Wildman–Crippen LogP) is 3.35. The van der Waals surface area contributed by atoms with Gasteiger partial charge in [0.25, 0.3) is 0 Å². The molecule has 2 heterocycles. The molecule has 0 bridgehead atoms. The monoisotopic (exact) mass is 270 g/mol. The molecule has 0 spiro atoms. The zero-order valence-corrected chi connectivity index (χ0v) is 11.4. The second-order valence-electron chi connectivity index (χ2n) is 4.26. The van der Waals surface area contributed by atoms with Crippen molar-refractivity contribution in [3.63, 3.8) is 0 Å². The molecular weight excluding hydrogens is 256 g/mol.